The average molecular weight is 266 g/mol. The predicted octanol–water partition coefficient (Wildman–Crippen LogP) is 2.33. The largest absolute Gasteiger partial charge is 0.292 e. The van der Waals surface area contributed by atoms with Crippen LogP contribution in [-0.2, 0) is 4.79 Å². The molecule has 0 aliphatic carbocycles. The molecule has 4 nitrogen and oxygen atoms in total. The van der Waals surface area contributed by atoms with Crippen LogP contribution < -0.4 is 5.43 Å². The molecule has 0 fully saturated rings. The summed E-state index contributed by atoms with van der Waals surface area (Å²) in [5.41, 5.74) is 3.20. The van der Waals surface area contributed by atoms with Crippen molar-refractivity contribution in [1.29, 1.82) is 5.26 Å². The molecule has 0 aliphatic rings. The Hall–Kier alpha value is -1.67. The summed E-state index contributed by atoms with van der Waals surface area (Å²) in [5.74, 6) is -0.364. The number of Topliss-reactive ketones (excluding diaryl/α,β-unsaturated/α-hetero) is 1. The zero-order valence-corrected chi connectivity index (χ0v) is 9.58. The Balaban J connectivity index is 2.85. The molecule has 15 heavy (non-hydrogen) atoms. The SMILES string of the molecule is CC(=O)/C(C#N)=N/Nc1ccccc1Br. The minimum absolute atomic E-state index is 0.147. The van der Waals surface area contributed by atoms with Gasteiger partial charge in [-0.1, -0.05) is 12.1 Å². The van der Waals surface area contributed by atoms with E-state index in [1.54, 1.807) is 12.1 Å². The zero-order chi connectivity index (χ0) is 11.3. The van der Waals surface area contributed by atoms with Crippen molar-refractivity contribution in [1.82, 2.24) is 0 Å². The molecule has 0 heterocycles. The summed E-state index contributed by atoms with van der Waals surface area (Å²) in [6.07, 6.45) is 0. The monoisotopic (exact) mass is 265 g/mol. The second kappa shape index (κ2) is 5.27. The average Bonchev–Trinajstić information content (AvgIpc) is 2.21. The van der Waals surface area contributed by atoms with Gasteiger partial charge in [-0.15, -0.1) is 0 Å². The van der Waals surface area contributed by atoms with E-state index in [2.05, 4.69) is 26.5 Å². The molecule has 0 amide bonds. The Bertz CT molecular complexity index is 448. The molecular weight excluding hydrogens is 258 g/mol. The van der Waals surface area contributed by atoms with Gasteiger partial charge in [0.2, 0.25) is 5.71 Å². The Morgan fingerprint density at radius 3 is 2.73 bits per heavy atom. The van der Waals surface area contributed by atoms with Crippen LogP contribution in [0.25, 0.3) is 0 Å². The maximum absolute atomic E-state index is 10.9. The van der Waals surface area contributed by atoms with Gasteiger partial charge in [0, 0.05) is 11.4 Å². The summed E-state index contributed by atoms with van der Waals surface area (Å²) in [4.78, 5) is 10.9. The highest BCUT2D eigenvalue weighted by Gasteiger charge is 2.04. The van der Waals surface area contributed by atoms with Crippen LogP contribution in [0.15, 0.2) is 33.8 Å². The molecule has 0 saturated carbocycles. The number of hydrogen-bond acceptors (Lipinski definition) is 4. The molecule has 1 rings (SSSR count). The third-order valence-electron chi connectivity index (χ3n) is 1.60. The minimum Gasteiger partial charge on any atom is -0.292 e. The smallest absolute Gasteiger partial charge is 0.203 e. The van der Waals surface area contributed by atoms with Crippen LogP contribution in [-0.4, -0.2) is 11.5 Å². The molecule has 0 aliphatic heterocycles. The normalized spacial score (nSPS) is 10.6. The zero-order valence-electron chi connectivity index (χ0n) is 7.99. The lowest BCUT2D eigenvalue weighted by molar-refractivity contribution is -0.110. The van der Waals surface area contributed by atoms with Gasteiger partial charge in [-0.2, -0.15) is 10.4 Å². The first-order valence-electron chi connectivity index (χ1n) is 4.14. The fourth-order valence-electron chi connectivity index (χ4n) is 0.850. The summed E-state index contributed by atoms with van der Waals surface area (Å²) in [6.45, 7) is 1.30. The molecule has 1 N–H and O–H groups in total. The van der Waals surface area contributed by atoms with Crippen LogP contribution in [0.4, 0.5) is 5.69 Å². The molecule has 1 aromatic rings. The number of carbonyl (C=O) groups is 1. The molecule has 0 atom stereocenters. The van der Waals surface area contributed by atoms with Gasteiger partial charge < -0.3 is 0 Å². The van der Waals surface area contributed by atoms with E-state index in [1.165, 1.54) is 6.92 Å². The van der Waals surface area contributed by atoms with Crippen LogP contribution in [0.1, 0.15) is 6.92 Å². The summed E-state index contributed by atoms with van der Waals surface area (Å²) in [5, 5.41) is 12.3. The maximum atomic E-state index is 10.9. The molecule has 1 aromatic carbocycles. The molecule has 0 unspecified atom stereocenters. The molecule has 0 radical (unpaired) electrons. The van der Waals surface area contributed by atoms with Crippen molar-refractivity contribution >= 4 is 33.1 Å². The molecular formula is C10H8BrN3O. The van der Waals surface area contributed by atoms with Crippen molar-refractivity contribution in [3.8, 4) is 6.07 Å². The van der Waals surface area contributed by atoms with Crippen molar-refractivity contribution in [2.24, 2.45) is 5.10 Å². The van der Waals surface area contributed by atoms with Crippen molar-refractivity contribution < 1.29 is 4.79 Å². The highest BCUT2D eigenvalue weighted by molar-refractivity contribution is 9.10. The summed E-state index contributed by atoms with van der Waals surface area (Å²) in [7, 11) is 0. The van der Waals surface area contributed by atoms with Crippen LogP contribution in [0.5, 0.6) is 0 Å². The number of benzene rings is 1. The van der Waals surface area contributed by atoms with E-state index >= 15 is 0 Å². The van der Waals surface area contributed by atoms with Gasteiger partial charge >= 0.3 is 0 Å². The molecule has 5 heteroatoms. The highest BCUT2D eigenvalue weighted by Crippen LogP contribution is 2.20. The summed E-state index contributed by atoms with van der Waals surface area (Å²) >= 11 is 3.31. The number of halogens is 1. The Labute approximate surface area is 95.7 Å². The quantitative estimate of drug-likeness (QED) is 0.674. The number of para-hydroxylation sites is 1. The second-order valence-corrected chi connectivity index (χ2v) is 3.57. The first kappa shape index (κ1) is 11.4. The van der Waals surface area contributed by atoms with Crippen molar-refractivity contribution in [2.45, 2.75) is 6.92 Å². The lowest BCUT2D eigenvalue weighted by Crippen LogP contribution is -2.09. The number of hydrogen-bond donors (Lipinski definition) is 1. The van der Waals surface area contributed by atoms with Crippen LogP contribution in [0, 0.1) is 11.3 Å². The van der Waals surface area contributed by atoms with Crippen LogP contribution in [0.3, 0.4) is 0 Å². The number of ketones is 1. The van der Waals surface area contributed by atoms with Gasteiger partial charge in [0.1, 0.15) is 6.07 Å². The van der Waals surface area contributed by atoms with Gasteiger partial charge in [0.05, 0.1) is 5.69 Å². The fourth-order valence-corrected chi connectivity index (χ4v) is 1.22. The second-order valence-electron chi connectivity index (χ2n) is 2.72. The van der Waals surface area contributed by atoms with Gasteiger partial charge in [-0.25, -0.2) is 0 Å². The number of rotatable bonds is 3. The van der Waals surface area contributed by atoms with Gasteiger partial charge in [0.25, 0.3) is 0 Å². The highest BCUT2D eigenvalue weighted by atomic mass is 79.9. The van der Waals surface area contributed by atoms with E-state index in [4.69, 9.17) is 5.26 Å². The van der Waals surface area contributed by atoms with Gasteiger partial charge in [0.15, 0.2) is 5.78 Å². The first-order valence-corrected chi connectivity index (χ1v) is 4.93. The fraction of sp³-hybridized carbons (Fsp3) is 0.100. The Morgan fingerprint density at radius 2 is 2.20 bits per heavy atom. The molecule has 0 saturated heterocycles. The number of nitriles is 1. The summed E-state index contributed by atoms with van der Waals surface area (Å²) in [6, 6.07) is 9.00. The number of hydrazone groups is 1. The van der Waals surface area contributed by atoms with E-state index in [1.807, 2.05) is 18.2 Å². The Morgan fingerprint density at radius 1 is 1.53 bits per heavy atom. The third kappa shape index (κ3) is 3.18. The van der Waals surface area contributed by atoms with E-state index in [0.717, 1.165) is 4.47 Å². The van der Waals surface area contributed by atoms with Crippen molar-refractivity contribution in [3.05, 3.63) is 28.7 Å². The number of nitrogens with one attached hydrogen (secondary N) is 1. The van der Waals surface area contributed by atoms with Crippen LogP contribution in [0.2, 0.25) is 0 Å². The van der Waals surface area contributed by atoms with E-state index < -0.39 is 0 Å². The molecule has 76 valence electrons. The maximum Gasteiger partial charge on any atom is 0.203 e. The molecule has 0 aromatic heterocycles. The van der Waals surface area contributed by atoms with Gasteiger partial charge in [-0.05, 0) is 28.1 Å². The predicted molar refractivity (Wildman–Crippen MR) is 61.5 cm³/mol. The number of carbonyl (C=O) groups excluding carboxylic acids is 1. The topological polar surface area (TPSA) is 65.2 Å². The first-order chi connectivity index (χ1) is 7.15. The summed E-state index contributed by atoms with van der Waals surface area (Å²) < 4.78 is 0.814. The van der Waals surface area contributed by atoms with Crippen molar-refractivity contribution in [2.75, 3.05) is 5.43 Å². The Kier molecular flexibility index (Phi) is 4.01. The van der Waals surface area contributed by atoms with Crippen LogP contribution >= 0.6 is 15.9 Å². The standard InChI is InChI=1S/C10H8BrN3O/c1-7(15)10(6-12)14-13-9-5-3-2-4-8(9)11/h2-5,13H,1H3/b14-10+. The lowest BCUT2D eigenvalue weighted by Gasteiger charge is -2.02. The van der Waals surface area contributed by atoms with Gasteiger partial charge in [-0.3, -0.25) is 10.2 Å². The van der Waals surface area contributed by atoms with E-state index in [-0.39, 0.29) is 11.5 Å². The molecule has 0 bridgehead atoms. The number of nitrogens with zero attached hydrogens (tertiary/aromatic N) is 2. The lowest BCUT2D eigenvalue weighted by atomic mass is 10.3. The van der Waals surface area contributed by atoms with Crippen molar-refractivity contribution in [3.63, 3.8) is 0 Å². The minimum atomic E-state index is -0.364. The van der Waals surface area contributed by atoms with E-state index in [9.17, 15) is 4.79 Å². The van der Waals surface area contributed by atoms with E-state index in [0.29, 0.717) is 5.69 Å². The molecule has 0 spiro atoms. The number of anilines is 1. The third-order valence-corrected chi connectivity index (χ3v) is 2.29.